The summed E-state index contributed by atoms with van der Waals surface area (Å²) in [4.78, 5) is 26.7. The van der Waals surface area contributed by atoms with Crippen molar-refractivity contribution in [3.8, 4) is 11.3 Å². The summed E-state index contributed by atoms with van der Waals surface area (Å²) in [5.41, 5.74) is 0.991. The Morgan fingerprint density at radius 2 is 2.04 bits per heavy atom. The molecule has 0 saturated heterocycles. The van der Waals surface area contributed by atoms with Crippen molar-refractivity contribution in [2.45, 2.75) is 13.3 Å². The van der Waals surface area contributed by atoms with Crippen molar-refractivity contribution >= 4 is 17.9 Å². The largest absolute Gasteiger partial charge is 0.304 e. The van der Waals surface area contributed by atoms with E-state index in [0.717, 1.165) is 13.0 Å². The molecule has 0 fully saturated rings. The second-order valence-electron chi connectivity index (χ2n) is 4.78. The van der Waals surface area contributed by atoms with Crippen LogP contribution in [-0.2, 0) is 4.79 Å². The summed E-state index contributed by atoms with van der Waals surface area (Å²) in [7, 11) is 0. The Morgan fingerprint density at radius 3 is 2.52 bits per heavy atom. The van der Waals surface area contributed by atoms with Gasteiger partial charge >= 0.3 is 0 Å². The predicted molar refractivity (Wildman–Crippen MR) is 79.0 cm³/mol. The molecule has 2 rings (SSSR count). The highest BCUT2D eigenvalue weighted by atomic mass is 19.3. The lowest BCUT2D eigenvalue weighted by molar-refractivity contribution is -0.117. The van der Waals surface area contributed by atoms with Crippen LogP contribution in [0.2, 0.25) is 0 Å². The van der Waals surface area contributed by atoms with Crippen molar-refractivity contribution < 1.29 is 22.8 Å². The summed E-state index contributed by atoms with van der Waals surface area (Å²) < 4.78 is 39.3. The minimum absolute atomic E-state index is 0.217. The van der Waals surface area contributed by atoms with E-state index in [2.05, 4.69) is 4.98 Å². The van der Waals surface area contributed by atoms with Gasteiger partial charge in [0.25, 0.3) is 6.43 Å². The fraction of sp³-hybridized carbons (Fsp3) is 0.188. The molecule has 0 aliphatic rings. The number of alkyl halides is 2. The van der Waals surface area contributed by atoms with Crippen LogP contribution in [0.15, 0.2) is 36.5 Å². The molecule has 1 heterocycles. The van der Waals surface area contributed by atoms with Crippen LogP contribution < -0.4 is 4.90 Å². The first-order valence-corrected chi connectivity index (χ1v) is 6.69. The number of hydrogen-bond donors (Lipinski definition) is 0. The zero-order chi connectivity index (χ0) is 17.0. The molecule has 2 aromatic rings. The van der Waals surface area contributed by atoms with Gasteiger partial charge in [0.1, 0.15) is 5.82 Å². The van der Waals surface area contributed by atoms with Gasteiger partial charge < -0.3 is 4.90 Å². The molecule has 23 heavy (non-hydrogen) atoms. The van der Waals surface area contributed by atoms with Crippen LogP contribution >= 0.6 is 0 Å². The zero-order valence-electron chi connectivity index (χ0n) is 12.2. The van der Waals surface area contributed by atoms with Crippen LogP contribution in [0, 0.1) is 5.82 Å². The highest BCUT2D eigenvalue weighted by Crippen LogP contribution is 2.26. The van der Waals surface area contributed by atoms with E-state index in [1.165, 1.54) is 24.4 Å². The maximum absolute atomic E-state index is 14.2. The van der Waals surface area contributed by atoms with E-state index >= 15 is 0 Å². The first-order chi connectivity index (χ1) is 10.9. The van der Waals surface area contributed by atoms with Crippen molar-refractivity contribution in [1.29, 1.82) is 0 Å². The van der Waals surface area contributed by atoms with Crippen LogP contribution in [0.5, 0.6) is 0 Å². The summed E-state index contributed by atoms with van der Waals surface area (Å²) in [6.07, 6.45) is -0.793. The smallest absolute Gasteiger partial charge is 0.256 e. The maximum atomic E-state index is 14.2. The van der Waals surface area contributed by atoms with E-state index in [-0.39, 0.29) is 5.69 Å². The van der Waals surface area contributed by atoms with Crippen LogP contribution in [0.4, 0.5) is 18.9 Å². The Morgan fingerprint density at radius 1 is 1.30 bits per heavy atom. The third-order valence-corrected chi connectivity index (χ3v) is 3.16. The Labute approximate surface area is 130 Å². The molecule has 0 aliphatic heterocycles. The fourth-order valence-corrected chi connectivity index (χ4v) is 2.07. The Kier molecular flexibility index (Phi) is 5.10. The van der Waals surface area contributed by atoms with E-state index in [1.54, 1.807) is 6.07 Å². The number of aromatic nitrogens is 1. The van der Waals surface area contributed by atoms with Crippen LogP contribution in [0.1, 0.15) is 17.3 Å². The van der Waals surface area contributed by atoms with Gasteiger partial charge in [-0.2, -0.15) is 0 Å². The molecule has 1 aromatic heterocycles. The first kappa shape index (κ1) is 16.7. The van der Waals surface area contributed by atoms with Gasteiger partial charge in [0.15, 0.2) is 6.29 Å². The molecule has 0 radical (unpaired) electrons. The van der Waals surface area contributed by atoms with Gasteiger partial charge in [-0.1, -0.05) is 6.07 Å². The van der Waals surface area contributed by atoms with Gasteiger partial charge in [0.2, 0.25) is 5.91 Å². The molecule has 0 N–H and O–H groups in total. The fourth-order valence-electron chi connectivity index (χ4n) is 2.07. The Bertz CT molecular complexity index is 718. The van der Waals surface area contributed by atoms with Gasteiger partial charge in [-0.05, 0) is 24.3 Å². The summed E-state index contributed by atoms with van der Waals surface area (Å²) in [5.74, 6) is -1.48. The van der Waals surface area contributed by atoms with Gasteiger partial charge in [0, 0.05) is 24.2 Å². The number of aldehydes is 1. The zero-order valence-corrected chi connectivity index (χ0v) is 12.2. The van der Waals surface area contributed by atoms with E-state index in [4.69, 9.17) is 0 Å². The van der Waals surface area contributed by atoms with Crippen molar-refractivity contribution in [2.75, 3.05) is 11.4 Å². The van der Waals surface area contributed by atoms with E-state index in [1.807, 2.05) is 0 Å². The summed E-state index contributed by atoms with van der Waals surface area (Å²) >= 11 is 0. The molecule has 1 amide bonds. The maximum Gasteiger partial charge on any atom is 0.256 e. The lowest BCUT2D eigenvalue weighted by atomic mass is 10.1. The lowest BCUT2D eigenvalue weighted by Gasteiger charge is -2.21. The van der Waals surface area contributed by atoms with Gasteiger partial charge in [-0.25, -0.2) is 13.2 Å². The molecular formula is C16H13F3N2O2. The monoisotopic (exact) mass is 322 g/mol. The molecule has 4 nitrogen and oxygen atoms in total. The molecule has 0 atom stereocenters. The average molecular weight is 322 g/mol. The summed E-state index contributed by atoms with van der Waals surface area (Å²) in [5, 5.41) is 0. The molecule has 120 valence electrons. The minimum atomic E-state index is -2.77. The highest BCUT2D eigenvalue weighted by Gasteiger charge is 2.20. The highest BCUT2D eigenvalue weighted by molar-refractivity contribution is 5.92. The SMILES string of the molecule is CC(=O)N(CC(F)F)c1ccc(-c2ccc(C=O)cn2)cc1F. The average Bonchev–Trinajstić information content (AvgIpc) is 2.52. The number of anilines is 1. The molecule has 1 aromatic carbocycles. The van der Waals surface area contributed by atoms with E-state index < -0.39 is 24.7 Å². The third kappa shape index (κ3) is 3.94. The molecule has 0 unspecified atom stereocenters. The van der Waals surface area contributed by atoms with Crippen molar-refractivity contribution in [3.05, 3.63) is 47.9 Å². The number of pyridine rings is 1. The van der Waals surface area contributed by atoms with Crippen LogP contribution in [-0.4, -0.2) is 30.1 Å². The van der Waals surface area contributed by atoms with Crippen molar-refractivity contribution in [3.63, 3.8) is 0 Å². The quantitative estimate of drug-likeness (QED) is 0.794. The predicted octanol–water partition coefficient (Wildman–Crippen LogP) is 3.32. The molecular weight excluding hydrogens is 309 g/mol. The number of benzene rings is 1. The third-order valence-electron chi connectivity index (χ3n) is 3.16. The molecule has 0 saturated carbocycles. The van der Waals surface area contributed by atoms with Crippen molar-refractivity contribution in [2.24, 2.45) is 0 Å². The number of nitrogens with zero attached hydrogens (tertiary/aromatic N) is 2. The number of carbonyl (C=O) groups is 2. The topological polar surface area (TPSA) is 50.3 Å². The number of rotatable bonds is 5. The van der Waals surface area contributed by atoms with Gasteiger partial charge in [-0.3, -0.25) is 14.6 Å². The second-order valence-corrected chi connectivity index (χ2v) is 4.78. The Balaban J connectivity index is 2.35. The standard InChI is InChI=1S/C16H13F3N2O2/c1-10(23)21(8-16(18)19)15-5-3-12(6-13(15)17)14-4-2-11(9-22)7-20-14/h2-7,9,16H,8H2,1H3. The van der Waals surface area contributed by atoms with Crippen LogP contribution in [0.3, 0.4) is 0 Å². The summed E-state index contributed by atoms with van der Waals surface area (Å²) in [6.45, 7) is 0.216. The second kappa shape index (κ2) is 7.04. The molecule has 0 spiro atoms. The van der Waals surface area contributed by atoms with Crippen molar-refractivity contribution in [1.82, 2.24) is 4.98 Å². The molecule has 7 heteroatoms. The normalized spacial score (nSPS) is 10.7. The number of amides is 1. The van der Waals surface area contributed by atoms with Gasteiger partial charge in [-0.15, -0.1) is 0 Å². The van der Waals surface area contributed by atoms with E-state index in [0.29, 0.717) is 28.0 Å². The van der Waals surface area contributed by atoms with Crippen LogP contribution in [0.25, 0.3) is 11.3 Å². The number of hydrogen-bond acceptors (Lipinski definition) is 3. The minimum Gasteiger partial charge on any atom is -0.304 e. The Hall–Kier alpha value is -2.70. The molecule has 0 aliphatic carbocycles. The first-order valence-electron chi connectivity index (χ1n) is 6.69. The summed E-state index contributed by atoms with van der Waals surface area (Å²) in [6, 6.07) is 6.91. The lowest BCUT2D eigenvalue weighted by Crippen LogP contribution is -2.33. The van der Waals surface area contributed by atoms with E-state index in [9.17, 15) is 22.8 Å². The number of halogens is 3. The number of carbonyl (C=O) groups excluding carboxylic acids is 2. The molecule has 0 bridgehead atoms. The van der Waals surface area contributed by atoms with Gasteiger partial charge in [0.05, 0.1) is 17.9 Å².